The predicted molar refractivity (Wildman–Crippen MR) is 77.7 cm³/mol. The molecule has 0 bridgehead atoms. The van der Waals surface area contributed by atoms with Gasteiger partial charge in [-0.3, -0.25) is 0 Å². The number of hydrogen-bond acceptors (Lipinski definition) is 5. The van der Waals surface area contributed by atoms with E-state index in [0.717, 1.165) is 23.2 Å². The van der Waals surface area contributed by atoms with Gasteiger partial charge >= 0.3 is 0 Å². The first kappa shape index (κ1) is 13.4. The molecule has 106 valence electrons. The maximum absolute atomic E-state index is 9.32. The van der Waals surface area contributed by atoms with Gasteiger partial charge in [-0.05, 0) is 29.3 Å². The standard InChI is InChI=1S/C15H15N5O/c1-2-13-8-11(10-21)9-14(16-13)20-18-15(17-19-20)12-6-4-3-5-7-12/h3-9,21H,2,10H2,1H3. The number of benzene rings is 1. The maximum Gasteiger partial charge on any atom is 0.205 e. The van der Waals surface area contributed by atoms with Crippen LogP contribution in [-0.2, 0) is 13.0 Å². The topological polar surface area (TPSA) is 76.7 Å². The van der Waals surface area contributed by atoms with Gasteiger partial charge in [0.05, 0.1) is 6.61 Å². The van der Waals surface area contributed by atoms with Crippen LogP contribution in [0.5, 0.6) is 0 Å². The molecule has 2 heterocycles. The van der Waals surface area contributed by atoms with Crippen LogP contribution in [0, 0.1) is 0 Å². The van der Waals surface area contributed by atoms with Crippen LogP contribution in [0.1, 0.15) is 18.2 Å². The number of aliphatic hydroxyl groups is 1. The lowest BCUT2D eigenvalue weighted by Gasteiger charge is -2.04. The van der Waals surface area contributed by atoms with Crippen LogP contribution < -0.4 is 0 Å². The van der Waals surface area contributed by atoms with Crippen molar-refractivity contribution in [2.75, 3.05) is 0 Å². The molecule has 0 radical (unpaired) electrons. The first-order chi connectivity index (χ1) is 10.3. The van der Waals surface area contributed by atoms with Crippen molar-refractivity contribution in [2.24, 2.45) is 0 Å². The minimum absolute atomic E-state index is 0.0389. The molecule has 6 heteroatoms. The highest BCUT2D eigenvalue weighted by molar-refractivity contribution is 5.53. The monoisotopic (exact) mass is 281 g/mol. The van der Waals surface area contributed by atoms with Gasteiger partial charge in [-0.25, -0.2) is 4.98 Å². The zero-order valence-electron chi connectivity index (χ0n) is 11.6. The summed E-state index contributed by atoms with van der Waals surface area (Å²) in [5.74, 6) is 1.11. The quantitative estimate of drug-likeness (QED) is 0.788. The molecule has 0 aliphatic heterocycles. The van der Waals surface area contributed by atoms with E-state index in [4.69, 9.17) is 0 Å². The van der Waals surface area contributed by atoms with Crippen LogP contribution in [0.3, 0.4) is 0 Å². The van der Waals surface area contributed by atoms with Gasteiger partial charge in [0.25, 0.3) is 0 Å². The van der Waals surface area contributed by atoms with E-state index in [-0.39, 0.29) is 6.61 Å². The van der Waals surface area contributed by atoms with Crippen molar-refractivity contribution >= 4 is 0 Å². The van der Waals surface area contributed by atoms with Gasteiger partial charge in [0, 0.05) is 11.3 Å². The molecule has 0 aliphatic rings. The Morgan fingerprint density at radius 1 is 1.14 bits per heavy atom. The van der Waals surface area contributed by atoms with E-state index >= 15 is 0 Å². The summed E-state index contributed by atoms with van der Waals surface area (Å²) in [6, 6.07) is 13.3. The minimum atomic E-state index is -0.0389. The summed E-state index contributed by atoms with van der Waals surface area (Å²) in [7, 11) is 0. The number of rotatable bonds is 4. The predicted octanol–water partition coefficient (Wildman–Crippen LogP) is 1.78. The highest BCUT2D eigenvalue weighted by Crippen LogP contribution is 2.14. The summed E-state index contributed by atoms with van der Waals surface area (Å²) in [4.78, 5) is 5.85. The Labute approximate surface area is 122 Å². The normalized spacial score (nSPS) is 10.8. The maximum atomic E-state index is 9.32. The number of aliphatic hydroxyl groups excluding tert-OH is 1. The van der Waals surface area contributed by atoms with E-state index in [2.05, 4.69) is 20.4 Å². The van der Waals surface area contributed by atoms with Gasteiger partial charge in [0.15, 0.2) is 5.82 Å². The molecule has 3 aromatic rings. The first-order valence-electron chi connectivity index (χ1n) is 6.76. The van der Waals surface area contributed by atoms with E-state index in [1.165, 1.54) is 4.80 Å². The molecular formula is C15H15N5O. The molecular weight excluding hydrogens is 266 g/mol. The first-order valence-corrected chi connectivity index (χ1v) is 6.76. The molecule has 0 atom stereocenters. The number of aromatic nitrogens is 5. The number of aryl methyl sites for hydroxylation is 1. The molecule has 21 heavy (non-hydrogen) atoms. The SMILES string of the molecule is CCc1cc(CO)cc(-n2nnc(-c3ccccc3)n2)n1. The van der Waals surface area contributed by atoms with Gasteiger partial charge < -0.3 is 5.11 Å². The van der Waals surface area contributed by atoms with Gasteiger partial charge in [0.2, 0.25) is 5.82 Å². The summed E-state index contributed by atoms with van der Waals surface area (Å²) in [5.41, 5.74) is 2.57. The average Bonchev–Trinajstić information content (AvgIpc) is 3.05. The largest absolute Gasteiger partial charge is 0.392 e. The van der Waals surface area contributed by atoms with E-state index in [9.17, 15) is 5.11 Å². The summed E-state index contributed by atoms with van der Waals surface area (Å²) in [5, 5.41) is 21.8. The van der Waals surface area contributed by atoms with Crippen molar-refractivity contribution in [1.82, 2.24) is 25.2 Å². The fourth-order valence-corrected chi connectivity index (χ4v) is 2.02. The molecule has 0 aliphatic carbocycles. The van der Waals surface area contributed by atoms with Crippen molar-refractivity contribution in [3.05, 3.63) is 53.7 Å². The molecule has 3 rings (SSSR count). The Balaban J connectivity index is 2.00. The molecule has 0 unspecified atom stereocenters. The van der Waals surface area contributed by atoms with Crippen LogP contribution >= 0.6 is 0 Å². The second kappa shape index (κ2) is 5.80. The van der Waals surface area contributed by atoms with Crippen molar-refractivity contribution in [1.29, 1.82) is 0 Å². The Hall–Kier alpha value is -2.60. The average molecular weight is 281 g/mol. The highest BCUT2D eigenvalue weighted by atomic mass is 16.3. The molecule has 6 nitrogen and oxygen atoms in total. The van der Waals surface area contributed by atoms with E-state index in [0.29, 0.717) is 11.6 Å². The Bertz CT molecular complexity index is 717. The molecule has 0 amide bonds. The van der Waals surface area contributed by atoms with Crippen molar-refractivity contribution in [3.8, 4) is 17.2 Å². The van der Waals surface area contributed by atoms with Crippen LogP contribution in [0.25, 0.3) is 17.2 Å². The molecule has 0 saturated heterocycles. The lowest BCUT2D eigenvalue weighted by Crippen LogP contribution is -2.05. The third-order valence-electron chi connectivity index (χ3n) is 3.12. The Morgan fingerprint density at radius 2 is 1.95 bits per heavy atom. The minimum Gasteiger partial charge on any atom is -0.392 e. The smallest absolute Gasteiger partial charge is 0.205 e. The van der Waals surface area contributed by atoms with Crippen LogP contribution in [-0.4, -0.2) is 30.3 Å². The lowest BCUT2D eigenvalue weighted by molar-refractivity contribution is 0.281. The zero-order chi connectivity index (χ0) is 14.7. The van der Waals surface area contributed by atoms with Crippen molar-refractivity contribution in [2.45, 2.75) is 20.0 Å². The summed E-state index contributed by atoms with van der Waals surface area (Å²) >= 11 is 0. The Kier molecular flexibility index (Phi) is 3.70. The molecule has 1 aromatic carbocycles. The fraction of sp³-hybridized carbons (Fsp3) is 0.200. The highest BCUT2D eigenvalue weighted by Gasteiger charge is 2.09. The third-order valence-corrected chi connectivity index (χ3v) is 3.12. The summed E-state index contributed by atoms with van der Waals surface area (Å²) < 4.78 is 0. The van der Waals surface area contributed by atoms with Gasteiger partial charge in [-0.2, -0.15) is 0 Å². The fourth-order valence-electron chi connectivity index (χ4n) is 2.02. The van der Waals surface area contributed by atoms with Gasteiger partial charge in [0.1, 0.15) is 0 Å². The number of nitrogens with zero attached hydrogens (tertiary/aromatic N) is 5. The van der Waals surface area contributed by atoms with E-state index in [1.807, 2.05) is 43.3 Å². The van der Waals surface area contributed by atoms with Gasteiger partial charge in [-0.15, -0.1) is 15.0 Å². The third kappa shape index (κ3) is 2.80. The van der Waals surface area contributed by atoms with Crippen LogP contribution in [0.4, 0.5) is 0 Å². The zero-order valence-corrected chi connectivity index (χ0v) is 11.6. The molecule has 2 aromatic heterocycles. The summed E-state index contributed by atoms with van der Waals surface area (Å²) in [6.07, 6.45) is 0.779. The molecule has 0 spiro atoms. The molecule has 0 fully saturated rings. The van der Waals surface area contributed by atoms with E-state index in [1.54, 1.807) is 6.07 Å². The van der Waals surface area contributed by atoms with E-state index < -0.39 is 0 Å². The molecule has 0 saturated carbocycles. The second-order valence-electron chi connectivity index (χ2n) is 4.61. The lowest BCUT2D eigenvalue weighted by atomic mass is 10.2. The van der Waals surface area contributed by atoms with Crippen LogP contribution in [0.2, 0.25) is 0 Å². The van der Waals surface area contributed by atoms with Crippen molar-refractivity contribution in [3.63, 3.8) is 0 Å². The molecule has 1 N–H and O–H groups in total. The number of hydrogen-bond donors (Lipinski definition) is 1. The van der Waals surface area contributed by atoms with Crippen molar-refractivity contribution < 1.29 is 5.11 Å². The Morgan fingerprint density at radius 3 is 2.67 bits per heavy atom. The summed E-state index contributed by atoms with van der Waals surface area (Å²) in [6.45, 7) is 1.97. The number of pyridine rings is 1. The second-order valence-corrected chi connectivity index (χ2v) is 4.61. The van der Waals surface area contributed by atoms with Gasteiger partial charge in [-0.1, -0.05) is 37.3 Å². The van der Waals surface area contributed by atoms with Crippen LogP contribution in [0.15, 0.2) is 42.5 Å². The number of tetrazole rings is 1.